The van der Waals surface area contributed by atoms with Crippen LogP contribution in [0, 0.1) is 11.8 Å². The van der Waals surface area contributed by atoms with Gasteiger partial charge in [-0.05, 0) is 37.8 Å². The minimum Gasteiger partial charge on any atom is -0.317 e. The Morgan fingerprint density at radius 2 is 2.11 bits per heavy atom. The second-order valence-corrected chi connectivity index (χ2v) is 6.52. The van der Waals surface area contributed by atoms with Crippen LogP contribution in [0.4, 0.5) is 0 Å². The molecule has 0 saturated heterocycles. The molecule has 1 aliphatic carbocycles. The molecule has 3 atom stereocenters. The van der Waals surface area contributed by atoms with Crippen LogP contribution in [-0.2, 0) is 12.5 Å². The monoisotopic (exact) mass is 249 g/mol. The van der Waals surface area contributed by atoms with Crippen molar-refractivity contribution in [2.45, 2.75) is 51.5 Å². The third kappa shape index (κ3) is 2.46. The van der Waals surface area contributed by atoms with Gasteiger partial charge in [-0.1, -0.05) is 27.2 Å². The molecule has 102 valence electrons. The lowest BCUT2D eigenvalue weighted by molar-refractivity contribution is 0.148. The lowest BCUT2D eigenvalue weighted by atomic mass is 9.65. The van der Waals surface area contributed by atoms with E-state index in [4.69, 9.17) is 0 Å². The summed E-state index contributed by atoms with van der Waals surface area (Å²) in [6.07, 6.45) is 5.99. The lowest BCUT2D eigenvalue weighted by Crippen LogP contribution is -2.47. The normalized spacial score (nSPS) is 29.5. The van der Waals surface area contributed by atoms with Crippen LogP contribution >= 0.6 is 0 Å². The third-order valence-corrected chi connectivity index (χ3v) is 4.78. The summed E-state index contributed by atoms with van der Waals surface area (Å²) in [5.74, 6) is 1.52. The Morgan fingerprint density at radius 1 is 1.39 bits per heavy atom. The number of rotatable bonds is 3. The summed E-state index contributed by atoms with van der Waals surface area (Å²) in [5, 5.41) is 8.17. The van der Waals surface area contributed by atoms with E-state index in [1.807, 2.05) is 11.7 Å². The van der Waals surface area contributed by atoms with Gasteiger partial charge in [-0.15, -0.1) is 0 Å². The van der Waals surface area contributed by atoms with Gasteiger partial charge < -0.3 is 5.32 Å². The Bertz CT molecular complexity index is 394. The zero-order valence-corrected chi connectivity index (χ0v) is 12.4. The minimum absolute atomic E-state index is 0.148. The summed E-state index contributed by atoms with van der Waals surface area (Å²) in [4.78, 5) is 0. The number of nitrogens with zero attached hydrogens (tertiary/aromatic N) is 2. The minimum atomic E-state index is 0.148. The zero-order chi connectivity index (χ0) is 13.3. The van der Waals surface area contributed by atoms with Crippen LogP contribution in [0.25, 0.3) is 0 Å². The quantitative estimate of drug-likeness (QED) is 0.892. The predicted octanol–water partition coefficient (Wildman–Crippen LogP) is 2.72. The van der Waals surface area contributed by atoms with Crippen molar-refractivity contribution in [1.82, 2.24) is 15.1 Å². The van der Waals surface area contributed by atoms with Crippen molar-refractivity contribution < 1.29 is 0 Å². The van der Waals surface area contributed by atoms with Crippen LogP contribution in [0.5, 0.6) is 0 Å². The molecule has 1 aromatic heterocycles. The molecule has 18 heavy (non-hydrogen) atoms. The first-order valence-corrected chi connectivity index (χ1v) is 7.12. The van der Waals surface area contributed by atoms with Crippen molar-refractivity contribution >= 4 is 0 Å². The molecule has 0 aliphatic heterocycles. The van der Waals surface area contributed by atoms with Crippen LogP contribution < -0.4 is 5.32 Å². The van der Waals surface area contributed by atoms with Crippen molar-refractivity contribution in [1.29, 1.82) is 0 Å². The average Bonchev–Trinajstić information content (AvgIpc) is 2.76. The smallest absolute Gasteiger partial charge is 0.0683 e. The highest BCUT2D eigenvalue weighted by Crippen LogP contribution is 2.41. The van der Waals surface area contributed by atoms with Gasteiger partial charge in [-0.3, -0.25) is 4.68 Å². The molecule has 0 aromatic carbocycles. The van der Waals surface area contributed by atoms with Gasteiger partial charge in [0.15, 0.2) is 0 Å². The molecular formula is C15H27N3. The average molecular weight is 249 g/mol. The molecular weight excluding hydrogens is 222 g/mol. The molecule has 1 aromatic rings. The fourth-order valence-electron chi connectivity index (χ4n) is 3.51. The predicted molar refractivity (Wildman–Crippen MR) is 75.6 cm³/mol. The fourth-order valence-corrected chi connectivity index (χ4v) is 3.51. The summed E-state index contributed by atoms with van der Waals surface area (Å²) >= 11 is 0. The van der Waals surface area contributed by atoms with E-state index in [1.165, 1.54) is 25.0 Å². The van der Waals surface area contributed by atoms with Gasteiger partial charge in [0, 0.05) is 24.7 Å². The maximum absolute atomic E-state index is 4.63. The molecule has 2 rings (SSSR count). The number of nitrogens with one attached hydrogen (secondary N) is 1. The molecule has 1 heterocycles. The summed E-state index contributed by atoms with van der Waals surface area (Å²) in [7, 11) is 4.10. The molecule has 0 bridgehead atoms. The summed E-state index contributed by atoms with van der Waals surface area (Å²) in [6, 6.07) is 2.79. The molecule has 3 nitrogen and oxygen atoms in total. The second kappa shape index (κ2) is 5.04. The lowest BCUT2D eigenvalue weighted by Gasteiger charge is -2.43. The van der Waals surface area contributed by atoms with Gasteiger partial charge in [0.1, 0.15) is 0 Å². The number of hydrogen-bond acceptors (Lipinski definition) is 2. The van der Waals surface area contributed by atoms with Gasteiger partial charge in [0.05, 0.1) is 5.69 Å². The van der Waals surface area contributed by atoms with E-state index in [-0.39, 0.29) is 5.41 Å². The Balaban J connectivity index is 2.22. The first-order valence-electron chi connectivity index (χ1n) is 7.12. The zero-order valence-electron chi connectivity index (χ0n) is 12.4. The van der Waals surface area contributed by atoms with E-state index in [1.54, 1.807) is 0 Å². The number of aromatic nitrogens is 2. The van der Waals surface area contributed by atoms with E-state index >= 15 is 0 Å². The first kappa shape index (κ1) is 13.6. The van der Waals surface area contributed by atoms with Gasteiger partial charge in [-0.2, -0.15) is 5.10 Å². The van der Waals surface area contributed by atoms with Crippen LogP contribution in [0.2, 0.25) is 0 Å². The van der Waals surface area contributed by atoms with E-state index in [2.05, 4.69) is 50.5 Å². The van der Waals surface area contributed by atoms with Crippen molar-refractivity contribution in [3.05, 3.63) is 18.0 Å². The van der Waals surface area contributed by atoms with E-state index in [0.29, 0.717) is 12.0 Å². The SMILES string of the molecule is CNC1CC(C)CCC1C(C)(C)c1ccn(C)n1. The van der Waals surface area contributed by atoms with Crippen molar-refractivity contribution in [3.63, 3.8) is 0 Å². The Hall–Kier alpha value is -0.830. The molecule has 1 aliphatic rings. The topological polar surface area (TPSA) is 29.9 Å². The van der Waals surface area contributed by atoms with Gasteiger partial charge in [0.25, 0.3) is 0 Å². The van der Waals surface area contributed by atoms with Crippen LogP contribution in [0.1, 0.15) is 45.7 Å². The molecule has 0 amide bonds. The molecule has 1 saturated carbocycles. The van der Waals surface area contributed by atoms with Crippen molar-refractivity contribution in [3.8, 4) is 0 Å². The van der Waals surface area contributed by atoms with Crippen LogP contribution in [0.15, 0.2) is 12.3 Å². The molecule has 3 unspecified atom stereocenters. The fraction of sp³-hybridized carbons (Fsp3) is 0.800. The number of hydrogen-bond donors (Lipinski definition) is 1. The highest BCUT2D eigenvalue weighted by atomic mass is 15.2. The van der Waals surface area contributed by atoms with Crippen LogP contribution in [-0.4, -0.2) is 22.9 Å². The van der Waals surface area contributed by atoms with Crippen LogP contribution in [0.3, 0.4) is 0 Å². The van der Waals surface area contributed by atoms with Gasteiger partial charge in [-0.25, -0.2) is 0 Å². The van der Waals surface area contributed by atoms with E-state index in [0.717, 1.165) is 5.92 Å². The molecule has 0 spiro atoms. The Morgan fingerprint density at radius 3 is 2.67 bits per heavy atom. The maximum atomic E-state index is 4.63. The largest absolute Gasteiger partial charge is 0.317 e. The van der Waals surface area contributed by atoms with E-state index in [9.17, 15) is 0 Å². The summed E-state index contributed by atoms with van der Waals surface area (Å²) in [5.41, 5.74) is 1.37. The Kier molecular flexibility index (Phi) is 3.81. The van der Waals surface area contributed by atoms with Gasteiger partial charge >= 0.3 is 0 Å². The van der Waals surface area contributed by atoms with Crippen molar-refractivity contribution in [2.75, 3.05) is 7.05 Å². The molecule has 1 fully saturated rings. The summed E-state index contributed by atoms with van der Waals surface area (Å²) in [6.45, 7) is 7.06. The molecule has 0 radical (unpaired) electrons. The number of aryl methyl sites for hydroxylation is 1. The van der Waals surface area contributed by atoms with Crippen molar-refractivity contribution in [2.24, 2.45) is 18.9 Å². The first-order chi connectivity index (χ1) is 8.45. The molecule has 3 heteroatoms. The maximum Gasteiger partial charge on any atom is 0.0683 e. The molecule has 1 N–H and O–H groups in total. The van der Waals surface area contributed by atoms with Gasteiger partial charge in [0.2, 0.25) is 0 Å². The van der Waals surface area contributed by atoms with E-state index < -0.39 is 0 Å². The second-order valence-electron chi connectivity index (χ2n) is 6.52. The highest BCUT2D eigenvalue weighted by molar-refractivity contribution is 5.16. The Labute approximate surface area is 111 Å². The standard InChI is InChI=1S/C15H27N3/c1-11-6-7-12(13(10-11)16-4)15(2,3)14-8-9-18(5)17-14/h8-9,11-13,16H,6-7,10H2,1-5H3. The highest BCUT2D eigenvalue weighted by Gasteiger charge is 2.40. The summed E-state index contributed by atoms with van der Waals surface area (Å²) < 4.78 is 1.91. The third-order valence-electron chi connectivity index (χ3n) is 4.78.